The Balaban J connectivity index is 0.931. The highest BCUT2D eigenvalue weighted by Gasteiger charge is 2.46. The Morgan fingerprint density at radius 1 is 0.300 bits per heavy atom. The van der Waals surface area contributed by atoms with Crippen LogP contribution >= 0.6 is 0 Å². The molecule has 0 spiro atoms. The lowest BCUT2D eigenvalue weighted by molar-refractivity contribution is 0.664. The van der Waals surface area contributed by atoms with Crippen LogP contribution in [0.15, 0.2) is 270 Å². The van der Waals surface area contributed by atoms with Gasteiger partial charge in [-0.2, -0.15) is 0 Å². The summed E-state index contributed by atoms with van der Waals surface area (Å²) < 4.78 is 13.4. The van der Waals surface area contributed by atoms with E-state index in [2.05, 4.69) is 254 Å². The topological polar surface area (TPSA) is 29.5 Å². The van der Waals surface area contributed by atoms with E-state index in [0.717, 1.165) is 88.8 Å². The maximum atomic E-state index is 6.82. The standard InChI is InChI=1S/C67H43NO2/c1-5-18-44(19-6-1)47-22-17-27-52(40-47)68(53-37-38-55-54-28-13-15-30-59(54)67(60(55)42-53,49-23-9-3-10-24-49)50-25-11-4-12-26-50)51-35-32-45(33-36-51)48-34-39-62-57(41-48)58-43-63-65(56-29-14-16-31-61(56)69-63)64(66(58)70-62)46-20-7-2-8-21-46/h1-43H. The van der Waals surface area contributed by atoms with Crippen molar-refractivity contribution >= 4 is 60.9 Å². The van der Waals surface area contributed by atoms with E-state index in [1.54, 1.807) is 0 Å². The van der Waals surface area contributed by atoms with Gasteiger partial charge >= 0.3 is 0 Å². The molecule has 13 aromatic rings. The Bertz CT molecular complexity index is 4060. The third-order valence-electron chi connectivity index (χ3n) is 14.5. The second-order valence-electron chi connectivity index (χ2n) is 18.3. The van der Waals surface area contributed by atoms with Gasteiger partial charge in [-0.3, -0.25) is 0 Å². The van der Waals surface area contributed by atoms with Gasteiger partial charge in [0.25, 0.3) is 0 Å². The quantitative estimate of drug-likeness (QED) is 0.152. The smallest absolute Gasteiger partial charge is 0.144 e. The molecule has 0 saturated heterocycles. The van der Waals surface area contributed by atoms with Gasteiger partial charge in [0.1, 0.15) is 22.3 Å². The molecule has 70 heavy (non-hydrogen) atoms. The third kappa shape index (κ3) is 6.15. The molecule has 1 aliphatic carbocycles. The minimum atomic E-state index is -0.528. The molecule has 0 saturated carbocycles. The van der Waals surface area contributed by atoms with Gasteiger partial charge in [0.2, 0.25) is 0 Å². The molecule has 0 radical (unpaired) electrons. The van der Waals surface area contributed by atoms with Crippen LogP contribution in [-0.2, 0) is 5.41 Å². The number of nitrogens with zero attached hydrogens (tertiary/aromatic N) is 1. The zero-order valence-electron chi connectivity index (χ0n) is 38.1. The highest BCUT2D eigenvalue weighted by Crippen LogP contribution is 2.57. The van der Waals surface area contributed by atoms with Crippen molar-refractivity contribution in [1.82, 2.24) is 0 Å². The molecule has 1 aliphatic rings. The molecule has 0 unspecified atom stereocenters. The molecule has 3 nitrogen and oxygen atoms in total. The molecule has 0 amide bonds. The SMILES string of the molecule is c1ccc(-c2cccc(N(c3ccc(-c4ccc5oc6c(-c7ccccc7)c7c(cc6c5c4)oc4ccccc47)cc3)c3ccc4c(c3)C(c3ccccc3)(c3ccccc3)c3ccccc3-4)c2)cc1. The lowest BCUT2D eigenvalue weighted by Gasteiger charge is -2.35. The van der Waals surface area contributed by atoms with Crippen molar-refractivity contribution in [2.24, 2.45) is 0 Å². The molecule has 0 fully saturated rings. The van der Waals surface area contributed by atoms with E-state index in [4.69, 9.17) is 8.83 Å². The van der Waals surface area contributed by atoms with E-state index in [0.29, 0.717) is 0 Å². The van der Waals surface area contributed by atoms with Gasteiger partial charge < -0.3 is 13.7 Å². The molecule has 0 N–H and O–H groups in total. The Labute approximate surface area is 405 Å². The molecule has 3 heteroatoms. The molecule has 2 heterocycles. The first-order chi connectivity index (χ1) is 34.7. The Morgan fingerprint density at radius 2 is 0.857 bits per heavy atom. The molecular formula is C67H43NO2. The van der Waals surface area contributed by atoms with Crippen molar-refractivity contribution in [2.45, 2.75) is 5.41 Å². The van der Waals surface area contributed by atoms with Crippen molar-refractivity contribution in [3.63, 3.8) is 0 Å². The predicted molar refractivity (Wildman–Crippen MR) is 289 cm³/mol. The van der Waals surface area contributed by atoms with Gasteiger partial charge in [-0.15, -0.1) is 0 Å². The number of furan rings is 2. The number of rotatable bonds is 8. The minimum Gasteiger partial charge on any atom is -0.456 e. The zero-order valence-corrected chi connectivity index (χ0v) is 38.1. The number of para-hydroxylation sites is 1. The summed E-state index contributed by atoms with van der Waals surface area (Å²) in [4.78, 5) is 2.41. The first-order valence-corrected chi connectivity index (χ1v) is 24.0. The fourth-order valence-corrected chi connectivity index (χ4v) is 11.5. The van der Waals surface area contributed by atoms with Gasteiger partial charge in [-0.05, 0) is 122 Å². The van der Waals surface area contributed by atoms with E-state index in [-0.39, 0.29) is 0 Å². The lowest BCUT2D eigenvalue weighted by atomic mass is 9.67. The molecule has 11 aromatic carbocycles. The Kier molecular flexibility index (Phi) is 9.11. The van der Waals surface area contributed by atoms with Gasteiger partial charge in [0.15, 0.2) is 0 Å². The highest BCUT2D eigenvalue weighted by atomic mass is 16.3. The monoisotopic (exact) mass is 893 g/mol. The van der Waals surface area contributed by atoms with Gasteiger partial charge in [-0.25, -0.2) is 0 Å². The van der Waals surface area contributed by atoms with E-state index >= 15 is 0 Å². The average molecular weight is 894 g/mol. The number of benzene rings is 11. The van der Waals surface area contributed by atoms with Crippen LogP contribution < -0.4 is 4.90 Å². The average Bonchev–Trinajstić information content (AvgIpc) is 4.09. The molecule has 14 rings (SSSR count). The van der Waals surface area contributed by atoms with Gasteiger partial charge in [0.05, 0.1) is 5.41 Å². The van der Waals surface area contributed by atoms with Crippen LogP contribution in [0.2, 0.25) is 0 Å². The van der Waals surface area contributed by atoms with Crippen LogP contribution in [-0.4, -0.2) is 0 Å². The molecule has 0 atom stereocenters. The van der Waals surface area contributed by atoms with Crippen molar-refractivity contribution in [2.75, 3.05) is 4.90 Å². The first kappa shape index (κ1) is 39.9. The maximum absolute atomic E-state index is 6.82. The van der Waals surface area contributed by atoms with Crippen LogP contribution in [0.25, 0.3) is 88.4 Å². The van der Waals surface area contributed by atoms with Crippen molar-refractivity contribution < 1.29 is 8.83 Å². The van der Waals surface area contributed by atoms with Crippen molar-refractivity contribution in [3.05, 3.63) is 283 Å². The normalized spacial score (nSPS) is 12.7. The van der Waals surface area contributed by atoms with E-state index < -0.39 is 5.41 Å². The summed E-state index contributed by atoms with van der Waals surface area (Å²) in [6, 6.07) is 94.2. The number of hydrogen-bond acceptors (Lipinski definition) is 3. The summed E-state index contributed by atoms with van der Waals surface area (Å²) in [5.41, 5.74) is 20.4. The number of fused-ring (bicyclic) bond motifs is 9. The van der Waals surface area contributed by atoms with E-state index in [9.17, 15) is 0 Å². The minimum absolute atomic E-state index is 0.528. The Morgan fingerprint density at radius 3 is 1.61 bits per heavy atom. The molecular weight excluding hydrogens is 851 g/mol. The van der Waals surface area contributed by atoms with Crippen molar-refractivity contribution in [3.8, 4) is 44.5 Å². The van der Waals surface area contributed by atoms with Gasteiger partial charge in [0, 0.05) is 44.2 Å². The molecule has 0 aliphatic heterocycles. The largest absolute Gasteiger partial charge is 0.456 e. The summed E-state index contributed by atoms with van der Waals surface area (Å²) in [7, 11) is 0. The summed E-state index contributed by atoms with van der Waals surface area (Å²) in [6.45, 7) is 0. The van der Waals surface area contributed by atoms with Crippen LogP contribution in [0.1, 0.15) is 22.3 Å². The fourth-order valence-electron chi connectivity index (χ4n) is 11.5. The number of hydrogen-bond donors (Lipinski definition) is 0. The van der Waals surface area contributed by atoms with E-state index in [1.165, 1.54) is 38.9 Å². The third-order valence-corrected chi connectivity index (χ3v) is 14.5. The summed E-state index contributed by atoms with van der Waals surface area (Å²) in [6.07, 6.45) is 0. The molecule has 2 aromatic heterocycles. The van der Waals surface area contributed by atoms with Crippen LogP contribution in [0.3, 0.4) is 0 Å². The maximum Gasteiger partial charge on any atom is 0.144 e. The highest BCUT2D eigenvalue weighted by molar-refractivity contribution is 6.23. The predicted octanol–water partition coefficient (Wildman–Crippen LogP) is 18.3. The number of anilines is 3. The van der Waals surface area contributed by atoms with Crippen LogP contribution in [0.5, 0.6) is 0 Å². The second-order valence-corrected chi connectivity index (χ2v) is 18.3. The van der Waals surface area contributed by atoms with Crippen LogP contribution in [0, 0.1) is 0 Å². The first-order valence-electron chi connectivity index (χ1n) is 24.0. The molecule has 328 valence electrons. The van der Waals surface area contributed by atoms with Crippen LogP contribution in [0.4, 0.5) is 17.1 Å². The summed E-state index contributed by atoms with van der Waals surface area (Å²) in [5, 5.41) is 4.23. The summed E-state index contributed by atoms with van der Waals surface area (Å²) in [5.74, 6) is 0. The zero-order chi connectivity index (χ0) is 46.2. The summed E-state index contributed by atoms with van der Waals surface area (Å²) >= 11 is 0. The van der Waals surface area contributed by atoms with E-state index in [1.807, 2.05) is 12.1 Å². The van der Waals surface area contributed by atoms with Gasteiger partial charge in [-0.1, -0.05) is 200 Å². The second kappa shape index (κ2) is 16.0. The fraction of sp³-hybridized carbons (Fsp3) is 0.0149. The lowest BCUT2D eigenvalue weighted by Crippen LogP contribution is -2.28. The molecule has 0 bridgehead atoms. The Hall–Kier alpha value is -9.18. The van der Waals surface area contributed by atoms with Crippen molar-refractivity contribution in [1.29, 1.82) is 0 Å².